The zero-order chi connectivity index (χ0) is 9.97. The Labute approximate surface area is 95.5 Å². The summed E-state index contributed by atoms with van der Waals surface area (Å²) in [5.41, 5.74) is 1.14. The van der Waals surface area contributed by atoms with Gasteiger partial charge < -0.3 is 4.74 Å². The maximum atomic E-state index is 5.30. The van der Waals surface area contributed by atoms with E-state index in [2.05, 4.69) is 28.1 Å². The topological polar surface area (TPSA) is 9.23 Å². The Morgan fingerprint density at radius 2 is 1.93 bits per heavy atom. The molecule has 0 spiro atoms. The maximum absolute atomic E-state index is 5.30. The number of halogens is 1. The van der Waals surface area contributed by atoms with Crippen molar-refractivity contribution in [2.45, 2.75) is 0 Å². The van der Waals surface area contributed by atoms with E-state index in [0.29, 0.717) is 0 Å². The highest BCUT2D eigenvalue weighted by molar-refractivity contribution is 9.11. The van der Waals surface area contributed by atoms with E-state index in [0.717, 1.165) is 15.1 Å². The van der Waals surface area contributed by atoms with Crippen LogP contribution < -0.4 is 4.74 Å². The van der Waals surface area contributed by atoms with Gasteiger partial charge in [0.05, 0.1) is 10.9 Å². The fourth-order valence-corrected chi connectivity index (χ4v) is 2.72. The monoisotopic (exact) mass is 268 g/mol. The smallest absolute Gasteiger partial charge is 0.127 e. The van der Waals surface area contributed by atoms with Gasteiger partial charge in [-0.2, -0.15) is 0 Å². The SMILES string of the molecule is COc1ccccc1-c1ccc(Br)s1. The Kier molecular flexibility index (Phi) is 2.89. The first kappa shape index (κ1) is 9.74. The number of thiophene rings is 1. The largest absolute Gasteiger partial charge is 0.496 e. The molecule has 0 amide bonds. The molecular formula is C11H9BrOS. The number of rotatable bonds is 2. The second-order valence-electron chi connectivity index (χ2n) is 2.80. The van der Waals surface area contributed by atoms with Gasteiger partial charge in [0.15, 0.2) is 0 Å². The lowest BCUT2D eigenvalue weighted by Crippen LogP contribution is -1.84. The van der Waals surface area contributed by atoms with E-state index in [1.807, 2.05) is 24.3 Å². The van der Waals surface area contributed by atoms with Crippen LogP contribution in [0, 0.1) is 0 Å². The van der Waals surface area contributed by atoms with Gasteiger partial charge in [0.25, 0.3) is 0 Å². The van der Waals surface area contributed by atoms with E-state index in [-0.39, 0.29) is 0 Å². The molecule has 0 saturated heterocycles. The molecule has 0 fully saturated rings. The highest BCUT2D eigenvalue weighted by atomic mass is 79.9. The molecule has 0 unspecified atom stereocenters. The van der Waals surface area contributed by atoms with E-state index in [4.69, 9.17) is 4.74 Å². The highest BCUT2D eigenvalue weighted by Crippen LogP contribution is 2.36. The van der Waals surface area contributed by atoms with Crippen molar-refractivity contribution < 1.29 is 4.74 Å². The Bertz CT molecular complexity index is 436. The van der Waals surface area contributed by atoms with Gasteiger partial charge in [-0.15, -0.1) is 11.3 Å². The summed E-state index contributed by atoms with van der Waals surface area (Å²) in [6.07, 6.45) is 0. The molecule has 2 aromatic rings. The van der Waals surface area contributed by atoms with Crippen LogP contribution in [-0.4, -0.2) is 7.11 Å². The summed E-state index contributed by atoms with van der Waals surface area (Å²) in [7, 11) is 1.70. The van der Waals surface area contributed by atoms with Crippen molar-refractivity contribution in [3.63, 3.8) is 0 Å². The average molecular weight is 269 g/mol. The molecule has 0 bridgehead atoms. The minimum atomic E-state index is 0.918. The van der Waals surface area contributed by atoms with Crippen molar-refractivity contribution in [3.8, 4) is 16.2 Å². The quantitative estimate of drug-likeness (QED) is 0.794. The Morgan fingerprint density at radius 1 is 1.14 bits per heavy atom. The van der Waals surface area contributed by atoms with Gasteiger partial charge in [0, 0.05) is 10.4 Å². The second-order valence-corrected chi connectivity index (χ2v) is 5.27. The molecular weight excluding hydrogens is 260 g/mol. The lowest BCUT2D eigenvalue weighted by Gasteiger charge is -2.05. The minimum Gasteiger partial charge on any atom is -0.496 e. The highest BCUT2D eigenvalue weighted by Gasteiger charge is 2.06. The lowest BCUT2D eigenvalue weighted by molar-refractivity contribution is 0.416. The molecule has 0 aliphatic carbocycles. The van der Waals surface area contributed by atoms with Crippen molar-refractivity contribution >= 4 is 27.3 Å². The zero-order valence-electron chi connectivity index (χ0n) is 7.66. The molecule has 1 aromatic carbocycles. The van der Waals surface area contributed by atoms with Gasteiger partial charge in [0.1, 0.15) is 5.75 Å². The van der Waals surface area contributed by atoms with Crippen LogP contribution in [-0.2, 0) is 0 Å². The summed E-state index contributed by atoms with van der Waals surface area (Å²) >= 11 is 5.16. The summed E-state index contributed by atoms with van der Waals surface area (Å²) in [4.78, 5) is 1.22. The van der Waals surface area contributed by atoms with Gasteiger partial charge in [-0.05, 0) is 40.2 Å². The first-order valence-corrected chi connectivity index (χ1v) is 5.81. The van der Waals surface area contributed by atoms with E-state index < -0.39 is 0 Å². The molecule has 14 heavy (non-hydrogen) atoms. The van der Waals surface area contributed by atoms with Gasteiger partial charge in [-0.3, -0.25) is 0 Å². The molecule has 0 radical (unpaired) electrons. The van der Waals surface area contributed by atoms with Crippen LogP contribution in [0.4, 0.5) is 0 Å². The summed E-state index contributed by atoms with van der Waals surface area (Å²) in [6, 6.07) is 12.2. The van der Waals surface area contributed by atoms with Crippen molar-refractivity contribution in [1.29, 1.82) is 0 Å². The third-order valence-electron chi connectivity index (χ3n) is 1.95. The third-order valence-corrected chi connectivity index (χ3v) is 3.60. The fourth-order valence-electron chi connectivity index (χ4n) is 1.31. The number of benzene rings is 1. The van der Waals surface area contributed by atoms with Gasteiger partial charge in [-0.25, -0.2) is 0 Å². The predicted molar refractivity (Wildman–Crippen MR) is 64.0 cm³/mol. The van der Waals surface area contributed by atoms with Crippen LogP contribution in [0.1, 0.15) is 0 Å². The van der Waals surface area contributed by atoms with Gasteiger partial charge >= 0.3 is 0 Å². The Hall–Kier alpha value is -0.800. The molecule has 1 nitrogen and oxygen atoms in total. The fraction of sp³-hybridized carbons (Fsp3) is 0.0909. The molecule has 0 saturated carbocycles. The normalized spacial score (nSPS) is 10.1. The van der Waals surface area contributed by atoms with Crippen molar-refractivity contribution in [3.05, 3.63) is 40.2 Å². The van der Waals surface area contributed by atoms with Crippen LogP contribution in [0.15, 0.2) is 40.2 Å². The van der Waals surface area contributed by atoms with Crippen LogP contribution >= 0.6 is 27.3 Å². The summed E-state index contributed by atoms with van der Waals surface area (Å²) in [5, 5.41) is 0. The van der Waals surface area contributed by atoms with E-state index in [1.54, 1.807) is 18.4 Å². The van der Waals surface area contributed by atoms with E-state index in [9.17, 15) is 0 Å². The summed E-state index contributed by atoms with van der Waals surface area (Å²) in [5.74, 6) is 0.918. The Morgan fingerprint density at radius 3 is 2.57 bits per heavy atom. The standard InChI is InChI=1S/C11H9BrOS/c1-13-9-5-3-2-4-8(9)10-6-7-11(12)14-10/h2-7H,1H3. The molecule has 0 aliphatic heterocycles. The van der Waals surface area contributed by atoms with Gasteiger partial charge in [-0.1, -0.05) is 12.1 Å². The molecule has 0 N–H and O–H groups in total. The molecule has 2 rings (SSSR count). The number of hydrogen-bond donors (Lipinski definition) is 0. The molecule has 1 aromatic heterocycles. The Balaban J connectivity index is 2.50. The van der Waals surface area contributed by atoms with Crippen LogP contribution in [0.2, 0.25) is 0 Å². The molecule has 72 valence electrons. The van der Waals surface area contributed by atoms with Crippen molar-refractivity contribution in [2.75, 3.05) is 7.11 Å². The van der Waals surface area contributed by atoms with Crippen LogP contribution in [0.25, 0.3) is 10.4 Å². The van der Waals surface area contributed by atoms with Crippen LogP contribution in [0.3, 0.4) is 0 Å². The van der Waals surface area contributed by atoms with Crippen molar-refractivity contribution in [1.82, 2.24) is 0 Å². The summed E-state index contributed by atoms with van der Waals surface area (Å²) in [6.45, 7) is 0. The van der Waals surface area contributed by atoms with Gasteiger partial charge in [0.2, 0.25) is 0 Å². The predicted octanol–water partition coefficient (Wildman–Crippen LogP) is 4.19. The number of para-hydroxylation sites is 1. The van der Waals surface area contributed by atoms with E-state index in [1.165, 1.54) is 4.88 Å². The maximum Gasteiger partial charge on any atom is 0.127 e. The first-order chi connectivity index (χ1) is 6.81. The first-order valence-electron chi connectivity index (χ1n) is 4.20. The average Bonchev–Trinajstić information content (AvgIpc) is 2.65. The summed E-state index contributed by atoms with van der Waals surface area (Å²) < 4.78 is 6.44. The zero-order valence-corrected chi connectivity index (χ0v) is 10.1. The minimum absolute atomic E-state index is 0.918. The number of hydrogen-bond acceptors (Lipinski definition) is 2. The van der Waals surface area contributed by atoms with Crippen LogP contribution in [0.5, 0.6) is 5.75 Å². The number of methoxy groups -OCH3 is 1. The lowest BCUT2D eigenvalue weighted by atomic mass is 10.2. The van der Waals surface area contributed by atoms with E-state index >= 15 is 0 Å². The third kappa shape index (κ3) is 1.83. The number of ether oxygens (including phenoxy) is 1. The molecule has 3 heteroatoms. The van der Waals surface area contributed by atoms with Crippen molar-refractivity contribution in [2.24, 2.45) is 0 Å². The second kappa shape index (κ2) is 4.15. The molecule has 0 aliphatic rings. The molecule has 0 atom stereocenters. The molecule has 1 heterocycles.